The van der Waals surface area contributed by atoms with Crippen molar-refractivity contribution in [1.29, 1.82) is 5.26 Å². The molecule has 0 aliphatic heterocycles. The number of thioether (sulfide) groups is 1. The second-order valence-electron chi connectivity index (χ2n) is 9.20. The van der Waals surface area contributed by atoms with E-state index in [-0.39, 0.29) is 17.1 Å². The van der Waals surface area contributed by atoms with Gasteiger partial charge in [-0.3, -0.25) is 9.36 Å². The first-order valence-corrected chi connectivity index (χ1v) is 12.4. The molecule has 1 N–H and O–H groups in total. The number of hydrogen-bond acceptors (Lipinski definition) is 6. The van der Waals surface area contributed by atoms with E-state index in [9.17, 15) is 4.79 Å². The van der Waals surface area contributed by atoms with E-state index < -0.39 is 0 Å². The minimum Gasteiger partial charge on any atom is -0.497 e. The van der Waals surface area contributed by atoms with Gasteiger partial charge in [0.15, 0.2) is 11.0 Å². The van der Waals surface area contributed by atoms with E-state index >= 15 is 0 Å². The number of amides is 1. The van der Waals surface area contributed by atoms with Gasteiger partial charge in [-0.1, -0.05) is 62.9 Å². The van der Waals surface area contributed by atoms with Crippen molar-refractivity contribution in [2.45, 2.75) is 31.3 Å². The number of hydrogen-bond donors (Lipinski definition) is 1. The van der Waals surface area contributed by atoms with E-state index in [2.05, 4.69) is 54.5 Å². The first-order valence-electron chi connectivity index (χ1n) is 11.4. The number of carbonyl (C=O) groups excluding carboxylic acids is 1. The predicted octanol–water partition coefficient (Wildman–Crippen LogP) is 5.84. The van der Waals surface area contributed by atoms with Gasteiger partial charge in [-0.25, -0.2) is 0 Å². The van der Waals surface area contributed by atoms with Gasteiger partial charge < -0.3 is 10.1 Å². The van der Waals surface area contributed by atoms with Crippen LogP contribution in [0.15, 0.2) is 78.0 Å². The summed E-state index contributed by atoms with van der Waals surface area (Å²) in [5, 5.41) is 21.4. The number of nitrogens with one attached hydrogen (secondary N) is 1. The lowest BCUT2D eigenvalue weighted by atomic mass is 9.87. The van der Waals surface area contributed by atoms with Gasteiger partial charge in [0.25, 0.3) is 0 Å². The average molecular weight is 498 g/mol. The van der Waals surface area contributed by atoms with Crippen molar-refractivity contribution in [1.82, 2.24) is 14.8 Å². The highest BCUT2D eigenvalue weighted by molar-refractivity contribution is 7.99. The number of nitrogens with zero attached hydrogens (tertiary/aromatic N) is 4. The highest BCUT2D eigenvalue weighted by Crippen LogP contribution is 2.31. The van der Waals surface area contributed by atoms with E-state index in [4.69, 9.17) is 10.00 Å². The van der Waals surface area contributed by atoms with Crippen molar-refractivity contribution in [3.63, 3.8) is 0 Å². The fourth-order valence-electron chi connectivity index (χ4n) is 3.63. The molecule has 0 aliphatic rings. The summed E-state index contributed by atoms with van der Waals surface area (Å²) in [6, 6.07) is 24.8. The largest absolute Gasteiger partial charge is 0.497 e. The van der Waals surface area contributed by atoms with Crippen LogP contribution in [-0.4, -0.2) is 33.5 Å². The van der Waals surface area contributed by atoms with Gasteiger partial charge in [-0.2, -0.15) is 5.26 Å². The number of carbonyl (C=O) groups is 1. The molecule has 182 valence electrons. The van der Waals surface area contributed by atoms with Crippen molar-refractivity contribution in [3.8, 4) is 28.9 Å². The Morgan fingerprint density at radius 2 is 1.78 bits per heavy atom. The van der Waals surface area contributed by atoms with E-state index in [0.29, 0.717) is 22.2 Å². The number of nitriles is 1. The maximum Gasteiger partial charge on any atom is 0.234 e. The van der Waals surface area contributed by atoms with Crippen molar-refractivity contribution < 1.29 is 9.53 Å². The highest BCUT2D eigenvalue weighted by Gasteiger charge is 2.19. The van der Waals surface area contributed by atoms with E-state index in [0.717, 1.165) is 17.0 Å². The third kappa shape index (κ3) is 5.75. The van der Waals surface area contributed by atoms with Gasteiger partial charge in [0, 0.05) is 16.9 Å². The molecule has 0 atom stereocenters. The number of anilines is 1. The minimum absolute atomic E-state index is 0.0450. The van der Waals surface area contributed by atoms with Crippen LogP contribution < -0.4 is 10.1 Å². The van der Waals surface area contributed by atoms with E-state index in [1.54, 1.807) is 31.4 Å². The summed E-state index contributed by atoms with van der Waals surface area (Å²) in [5.74, 6) is 1.37. The van der Waals surface area contributed by atoms with Gasteiger partial charge in [0.05, 0.1) is 24.5 Å². The summed E-state index contributed by atoms with van der Waals surface area (Å²) in [4.78, 5) is 12.6. The fraction of sp³-hybridized carbons (Fsp3) is 0.214. The minimum atomic E-state index is -0.199. The van der Waals surface area contributed by atoms with Crippen LogP contribution in [0.4, 0.5) is 5.69 Å². The molecular formula is C28H27N5O2S. The lowest BCUT2D eigenvalue weighted by Crippen LogP contribution is -2.14. The van der Waals surface area contributed by atoms with Crippen LogP contribution in [0.1, 0.15) is 31.9 Å². The molecule has 0 radical (unpaired) electrons. The Balaban J connectivity index is 1.62. The normalized spacial score (nSPS) is 11.1. The molecule has 1 amide bonds. The molecule has 0 unspecified atom stereocenters. The Hall–Kier alpha value is -4.09. The Bertz CT molecular complexity index is 1400. The molecule has 0 fully saturated rings. The Morgan fingerprint density at radius 1 is 1.06 bits per heavy atom. The van der Waals surface area contributed by atoms with Gasteiger partial charge >= 0.3 is 0 Å². The molecule has 0 bridgehead atoms. The van der Waals surface area contributed by atoms with E-state index in [1.807, 2.05) is 41.0 Å². The zero-order chi connectivity index (χ0) is 25.7. The molecule has 1 heterocycles. The molecule has 1 aromatic heterocycles. The number of benzene rings is 3. The summed E-state index contributed by atoms with van der Waals surface area (Å²) in [6.45, 7) is 6.54. The predicted molar refractivity (Wildman–Crippen MR) is 143 cm³/mol. The zero-order valence-electron chi connectivity index (χ0n) is 20.6. The monoisotopic (exact) mass is 497 g/mol. The van der Waals surface area contributed by atoms with Crippen LogP contribution >= 0.6 is 11.8 Å². The molecule has 8 heteroatoms. The number of methoxy groups -OCH3 is 1. The summed E-state index contributed by atoms with van der Waals surface area (Å²) in [7, 11) is 1.63. The highest BCUT2D eigenvalue weighted by atomic mass is 32.2. The Kier molecular flexibility index (Phi) is 7.41. The molecule has 0 saturated heterocycles. The molecule has 4 aromatic rings. The molecule has 36 heavy (non-hydrogen) atoms. The molecule has 0 spiro atoms. The topological polar surface area (TPSA) is 92.8 Å². The van der Waals surface area contributed by atoms with Crippen molar-refractivity contribution in [3.05, 3.63) is 83.9 Å². The lowest BCUT2D eigenvalue weighted by molar-refractivity contribution is -0.113. The first kappa shape index (κ1) is 25.0. The third-order valence-corrected chi connectivity index (χ3v) is 6.51. The average Bonchev–Trinajstić information content (AvgIpc) is 3.31. The smallest absolute Gasteiger partial charge is 0.234 e. The standard InChI is InChI=1S/C28H27N5O2S/c1-28(2,3)21-10-8-20(9-11-21)26-31-32-27(33(26)23-12-14-24(35-4)15-13-23)36-18-25(34)30-22-7-5-6-19(16-22)17-29/h5-16H,18H2,1-4H3,(H,30,34). The zero-order valence-corrected chi connectivity index (χ0v) is 21.5. The molecule has 0 saturated carbocycles. The summed E-state index contributed by atoms with van der Waals surface area (Å²) < 4.78 is 7.25. The van der Waals surface area contributed by atoms with Crippen molar-refractivity contribution in [2.75, 3.05) is 18.2 Å². The number of ether oxygens (including phenoxy) is 1. The van der Waals surface area contributed by atoms with E-state index in [1.165, 1.54) is 17.3 Å². The quantitative estimate of drug-likeness (QED) is 0.322. The number of rotatable bonds is 7. The van der Waals surface area contributed by atoms with Gasteiger partial charge in [0.1, 0.15) is 5.75 Å². The summed E-state index contributed by atoms with van der Waals surface area (Å²) in [6.07, 6.45) is 0. The lowest BCUT2D eigenvalue weighted by Gasteiger charge is -2.19. The van der Waals surface area contributed by atoms with Crippen LogP contribution in [0.5, 0.6) is 5.75 Å². The Morgan fingerprint density at radius 3 is 2.42 bits per heavy atom. The maximum absolute atomic E-state index is 12.6. The third-order valence-electron chi connectivity index (χ3n) is 5.58. The van der Waals surface area contributed by atoms with Gasteiger partial charge in [-0.05, 0) is 53.4 Å². The second-order valence-corrected chi connectivity index (χ2v) is 10.1. The summed E-state index contributed by atoms with van der Waals surface area (Å²) in [5.41, 5.74) is 4.13. The molecular weight excluding hydrogens is 470 g/mol. The summed E-state index contributed by atoms with van der Waals surface area (Å²) >= 11 is 1.29. The maximum atomic E-state index is 12.6. The van der Waals surface area contributed by atoms with Crippen LogP contribution in [0.25, 0.3) is 17.1 Å². The van der Waals surface area contributed by atoms with Crippen LogP contribution in [0, 0.1) is 11.3 Å². The number of aromatic nitrogens is 3. The van der Waals surface area contributed by atoms with Crippen molar-refractivity contribution in [2.24, 2.45) is 0 Å². The second kappa shape index (κ2) is 10.7. The Labute approximate surface area is 215 Å². The SMILES string of the molecule is COc1ccc(-n2c(SCC(=O)Nc3cccc(C#N)c3)nnc2-c2ccc(C(C)(C)C)cc2)cc1. The fourth-order valence-corrected chi connectivity index (χ4v) is 4.38. The van der Waals surface area contributed by atoms with Crippen LogP contribution in [-0.2, 0) is 10.2 Å². The van der Waals surface area contributed by atoms with Crippen LogP contribution in [0.3, 0.4) is 0 Å². The van der Waals surface area contributed by atoms with Gasteiger partial charge in [0.2, 0.25) is 5.91 Å². The molecule has 0 aliphatic carbocycles. The molecule has 4 rings (SSSR count). The van der Waals surface area contributed by atoms with Crippen LogP contribution in [0.2, 0.25) is 0 Å². The van der Waals surface area contributed by atoms with Gasteiger partial charge in [-0.15, -0.1) is 10.2 Å². The first-order chi connectivity index (χ1) is 17.3. The van der Waals surface area contributed by atoms with Crippen molar-refractivity contribution >= 4 is 23.4 Å². The molecule has 7 nitrogen and oxygen atoms in total. The molecule has 3 aromatic carbocycles.